The second kappa shape index (κ2) is 14.1. The third-order valence-electron chi connectivity index (χ3n) is 9.01. The summed E-state index contributed by atoms with van der Waals surface area (Å²) >= 11 is 0. The molecule has 2 aliphatic rings. The number of hydrogen-bond acceptors (Lipinski definition) is 7. The first-order valence-corrected chi connectivity index (χ1v) is 14.7. The second-order valence-electron chi connectivity index (χ2n) is 11.7. The molecule has 1 saturated carbocycles. The fourth-order valence-corrected chi connectivity index (χ4v) is 6.90. The summed E-state index contributed by atoms with van der Waals surface area (Å²) in [7, 11) is 6.88. The van der Waals surface area contributed by atoms with Crippen LogP contribution in [0, 0.1) is 17.7 Å². The van der Waals surface area contributed by atoms with Crippen molar-refractivity contribution in [2.75, 3.05) is 34.9 Å². The number of methoxy groups -OCH3 is 2. The van der Waals surface area contributed by atoms with E-state index in [4.69, 9.17) is 14.5 Å². The molecule has 1 aliphatic carbocycles. The fraction of sp³-hybridized carbons (Fsp3) is 0.545. The van der Waals surface area contributed by atoms with Crippen LogP contribution in [0.15, 0.2) is 59.6 Å². The minimum atomic E-state index is -1.15. The van der Waals surface area contributed by atoms with Gasteiger partial charge in [-0.05, 0) is 81.3 Å². The van der Waals surface area contributed by atoms with Crippen LogP contribution in [-0.4, -0.2) is 74.5 Å². The predicted molar refractivity (Wildman–Crippen MR) is 158 cm³/mol. The van der Waals surface area contributed by atoms with Crippen LogP contribution in [0.25, 0.3) is 0 Å². The van der Waals surface area contributed by atoms with E-state index in [1.807, 2.05) is 24.3 Å². The van der Waals surface area contributed by atoms with Crippen LogP contribution in [0.2, 0.25) is 0 Å². The molecule has 4 rings (SSSR count). The Kier molecular flexibility index (Phi) is 10.5. The lowest BCUT2D eigenvalue weighted by atomic mass is 9.72. The van der Waals surface area contributed by atoms with Gasteiger partial charge in [0.05, 0.1) is 26.6 Å². The molecule has 0 aromatic heterocycles. The quantitative estimate of drug-likeness (QED) is 0.319. The first-order chi connectivity index (χ1) is 19.8. The molecule has 0 amide bonds. The average Bonchev–Trinajstić information content (AvgIpc) is 3.33. The van der Waals surface area contributed by atoms with Crippen molar-refractivity contribution in [2.24, 2.45) is 16.8 Å². The lowest BCUT2D eigenvalue weighted by molar-refractivity contribution is -0.150. The first kappa shape index (κ1) is 30.7. The first-order valence-electron chi connectivity index (χ1n) is 14.7. The van der Waals surface area contributed by atoms with Gasteiger partial charge in [-0.1, -0.05) is 55.3 Å². The molecule has 3 unspecified atom stereocenters. The van der Waals surface area contributed by atoms with Crippen molar-refractivity contribution in [1.82, 2.24) is 9.80 Å². The molecule has 1 heterocycles. The smallest absolute Gasteiger partial charge is 0.335 e. The Bertz CT molecular complexity index is 1180. The van der Waals surface area contributed by atoms with E-state index in [2.05, 4.69) is 36.0 Å². The Morgan fingerprint density at radius 1 is 1.05 bits per heavy atom. The van der Waals surface area contributed by atoms with Crippen molar-refractivity contribution >= 4 is 18.3 Å². The standard InChI is InChI=1S/C33H44FN3O4/c1-36(2)31(27-11-8-12-28(34)22-27)26-15-13-25(14-16-26)21-29-33(32(39)41-4,19-17-30(38)40-3)35-23-37(29)20-18-24-9-6-5-7-10-24/h5-12,22-23,25-26,29,31H,13-21H2,1-4H3. The molecular formula is C33H44FN3O4. The lowest BCUT2D eigenvalue weighted by Gasteiger charge is -2.41. The maximum atomic E-state index is 14.1. The van der Waals surface area contributed by atoms with E-state index in [0.29, 0.717) is 18.4 Å². The molecule has 7 nitrogen and oxygen atoms in total. The van der Waals surface area contributed by atoms with E-state index in [9.17, 15) is 14.0 Å². The van der Waals surface area contributed by atoms with Gasteiger partial charge in [-0.15, -0.1) is 0 Å². The highest BCUT2D eigenvalue weighted by atomic mass is 19.1. The van der Waals surface area contributed by atoms with Crippen LogP contribution >= 0.6 is 0 Å². The maximum Gasteiger partial charge on any atom is 0.335 e. The van der Waals surface area contributed by atoms with E-state index >= 15 is 0 Å². The minimum absolute atomic E-state index is 0.0941. The fourth-order valence-electron chi connectivity index (χ4n) is 6.90. The normalized spacial score (nSPS) is 24.8. The van der Waals surface area contributed by atoms with Crippen molar-refractivity contribution in [1.29, 1.82) is 0 Å². The summed E-state index contributed by atoms with van der Waals surface area (Å²) in [5.74, 6) is -0.155. The van der Waals surface area contributed by atoms with Crippen molar-refractivity contribution in [3.05, 3.63) is 71.5 Å². The molecule has 41 heavy (non-hydrogen) atoms. The van der Waals surface area contributed by atoms with Crippen molar-refractivity contribution in [3.63, 3.8) is 0 Å². The molecule has 2 aromatic rings. The van der Waals surface area contributed by atoms with Crippen LogP contribution < -0.4 is 0 Å². The van der Waals surface area contributed by atoms with Gasteiger partial charge in [-0.25, -0.2) is 9.18 Å². The van der Waals surface area contributed by atoms with E-state index < -0.39 is 11.5 Å². The minimum Gasteiger partial charge on any atom is -0.469 e. The lowest BCUT2D eigenvalue weighted by Crippen LogP contribution is -2.53. The molecule has 0 spiro atoms. The van der Waals surface area contributed by atoms with Gasteiger partial charge in [-0.2, -0.15) is 0 Å². The van der Waals surface area contributed by atoms with Gasteiger partial charge in [0, 0.05) is 19.0 Å². The van der Waals surface area contributed by atoms with Gasteiger partial charge in [0.15, 0.2) is 5.54 Å². The van der Waals surface area contributed by atoms with Crippen molar-refractivity contribution in [3.8, 4) is 0 Å². The summed E-state index contributed by atoms with van der Waals surface area (Å²) in [5.41, 5.74) is 1.09. The Morgan fingerprint density at radius 2 is 1.78 bits per heavy atom. The molecule has 3 atom stereocenters. The molecule has 8 heteroatoms. The van der Waals surface area contributed by atoms with Gasteiger partial charge < -0.3 is 19.3 Å². The second-order valence-corrected chi connectivity index (χ2v) is 11.7. The van der Waals surface area contributed by atoms with Crippen LogP contribution in [0.4, 0.5) is 4.39 Å². The molecule has 0 radical (unpaired) electrons. The van der Waals surface area contributed by atoms with E-state index in [1.54, 1.807) is 18.5 Å². The summed E-state index contributed by atoms with van der Waals surface area (Å²) in [5, 5.41) is 0. The van der Waals surface area contributed by atoms with Crippen molar-refractivity contribution < 1.29 is 23.5 Å². The van der Waals surface area contributed by atoms with Crippen molar-refractivity contribution in [2.45, 2.75) is 69.0 Å². The highest BCUT2D eigenvalue weighted by Crippen LogP contribution is 2.43. The Hall–Kier alpha value is -3.26. The summed E-state index contributed by atoms with van der Waals surface area (Å²) in [6.45, 7) is 0.715. The molecule has 1 fully saturated rings. The molecule has 2 aromatic carbocycles. The Balaban J connectivity index is 1.51. The average molecular weight is 566 g/mol. The number of carbonyl (C=O) groups excluding carboxylic acids is 2. The molecule has 0 bridgehead atoms. The zero-order valence-electron chi connectivity index (χ0n) is 24.8. The van der Waals surface area contributed by atoms with Crippen LogP contribution in [0.1, 0.15) is 62.1 Å². The van der Waals surface area contributed by atoms with Gasteiger partial charge in [-0.3, -0.25) is 9.79 Å². The molecule has 222 valence electrons. The molecule has 1 aliphatic heterocycles. The molecule has 0 saturated heterocycles. The summed E-state index contributed by atoms with van der Waals surface area (Å²) in [4.78, 5) is 34.7. The number of rotatable bonds is 12. The summed E-state index contributed by atoms with van der Waals surface area (Å²) in [6.07, 6.45) is 7.81. The zero-order chi connectivity index (χ0) is 29.4. The largest absolute Gasteiger partial charge is 0.469 e. The third kappa shape index (κ3) is 7.34. The van der Waals surface area contributed by atoms with Gasteiger partial charge in [0.2, 0.25) is 0 Å². The van der Waals surface area contributed by atoms with Gasteiger partial charge >= 0.3 is 11.9 Å². The number of benzene rings is 2. The number of carbonyl (C=O) groups is 2. The van der Waals surface area contributed by atoms with Crippen LogP contribution in [-0.2, 0) is 25.5 Å². The highest BCUT2D eigenvalue weighted by Gasteiger charge is 2.52. The topological polar surface area (TPSA) is 71.4 Å². The van der Waals surface area contributed by atoms with Crippen LogP contribution in [0.5, 0.6) is 0 Å². The Labute approximate surface area is 243 Å². The third-order valence-corrected chi connectivity index (χ3v) is 9.01. The molecule has 0 N–H and O–H groups in total. The number of nitrogens with zero attached hydrogens (tertiary/aromatic N) is 3. The SMILES string of the molecule is COC(=O)CCC1(C(=O)OC)N=CN(CCc2ccccc2)C1CC1CCC(C(c2cccc(F)c2)N(C)C)CC1. The summed E-state index contributed by atoms with van der Waals surface area (Å²) in [6, 6.07) is 17.2. The van der Waals surface area contributed by atoms with Crippen LogP contribution in [0.3, 0.4) is 0 Å². The number of esters is 2. The number of aliphatic imine (C=N–C) groups is 1. The Morgan fingerprint density at radius 3 is 2.41 bits per heavy atom. The monoisotopic (exact) mass is 565 g/mol. The van der Waals surface area contributed by atoms with Gasteiger partial charge in [0.1, 0.15) is 5.82 Å². The highest BCUT2D eigenvalue weighted by molar-refractivity contribution is 5.87. The molecular weight excluding hydrogens is 521 g/mol. The van der Waals surface area contributed by atoms with Gasteiger partial charge in [0.25, 0.3) is 0 Å². The predicted octanol–water partition coefficient (Wildman–Crippen LogP) is 5.45. The number of ether oxygens (including phenoxy) is 2. The van der Waals surface area contributed by atoms with E-state index in [0.717, 1.165) is 44.1 Å². The summed E-state index contributed by atoms with van der Waals surface area (Å²) < 4.78 is 24.3. The van der Waals surface area contributed by atoms with E-state index in [-0.39, 0.29) is 36.7 Å². The zero-order valence-corrected chi connectivity index (χ0v) is 24.8. The van der Waals surface area contributed by atoms with E-state index in [1.165, 1.54) is 25.8 Å². The number of halogens is 1. The maximum absolute atomic E-state index is 14.1. The number of hydrogen-bond donors (Lipinski definition) is 0.